The minimum Gasteiger partial charge on any atom is -0.383 e. The number of methoxy groups -OCH3 is 1. The van der Waals surface area contributed by atoms with E-state index in [1.807, 2.05) is 0 Å². The maximum absolute atomic E-state index is 13.3. The van der Waals surface area contributed by atoms with Gasteiger partial charge in [0.2, 0.25) is 5.82 Å². The quantitative estimate of drug-likeness (QED) is 0.449. The first-order valence-corrected chi connectivity index (χ1v) is 5.54. The van der Waals surface area contributed by atoms with Crippen LogP contribution in [0.5, 0.6) is 0 Å². The molecule has 1 rings (SSSR count). The summed E-state index contributed by atoms with van der Waals surface area (Å²) >= 11 is 5.93. The SMILES string of the molecule is COCC(Cl)CCc1ccc([N+](=O)[O-])c(F)c1. The topological polar surface area (TPSA) is 52.4 Å². The van der Waals surface area contributed by atoms with Gasteiger partial charge in [0.25, 0.3) is 0 Å². The second-order valence-electron chi connectivity index (χ2n) is 3.63. The fourth-order valence-electron chi connectivity index (χ4n) is 1.44. The lowest BCUT2D eigenvalue weighted by Crippen LogP contribution is -2.08. The minimum absolute atomic E-state index is 0.141. The van der Waals surface area contributed by atoms with Gasteiger partial charge in [0.05, 0.1) is 16.9 Å². The molecule has 1 atom stereocenters. The van der Waals surface area contributed by atoms with Crippen LogP contribution in [-0.4, -0.2) is 24.0 Å². The van der Waals surface area contributed by atoms with E-state index in [0.29, 0.717) is 25.0 Å². The number of ether oxygens (including phenoxy) is 1. The average molecular weight is 262 g/mol. The predicted molar refractivity (Wildman–Crippen MR) is 62.9 cm³/mol. The van der Waals surface area contributed by atoms with E-state index < -0.39 is 16.4 Å². The Hall–Kier alpha value is -1.20. The molecule has 0 saturated heterocycles. The molecule has 1 unspecified atom stereocenters. The van der Waals surface area contributed by atoms with Crippen LogP contribution in [0.1, 0.15) is 12.0 Å². The van der Waals surface area contributed by atoms with Crippen molar-refractivity contribution < 1.29 is 14.1 Å². The summed E-state index contributed by atoms with van der Waals surface area (Å²) in [7, 11) is 1.56. The molecule has 0 fully saturated rings. The lowest BCUT2D eigenvalue weighted by Gasteiger charge is -2.07. The molecule has 6 heteroatoms. The van der Waals surface area contributed by atoms with E-state index in [-0.39, 0.29) is 5.38 Å². The number of nitrogens with zero attached hydrogens (tertiary/aromatic N) is 1. The predicted octanol–water partition coefficient (Wildman–Crippen LogP) is 2.92. The number of nitro benzene ring substituents is 1. The molecule has 0 aromatic heterocycles. The summed E-state index contributed by atoms with van der Waals surface area (Å²) in [6, 6.07) is 3.89. The normalized spacial score (nSPS) is 12.4. The Labute approximate surface area is 103 Å². The van der Waals surface area contributed by atoms with E-state index in [2.05, 4.69) is 0 Å². The monoisotopic (exact) mass is 261 g/mol. The molecule has 0 N–H and O–H groups in total. The maximum Gasteiger partial charge on any atom is 0.304 e. The zero-order valence-electron chi connectivity index (χ0n) is 9.36. The zero-order chi connectivity index (χ0) is 12.8. The van der Waals surface area contributed by atoms with Crippen molar-refractivity contribution in [2.24, 2.45) is 0 Å². The van der Waals surface area contributed by atoms with Gasteiger partial charge in [-0.1, -0.05) is 6.07 Å². The summed E-state index contributed by atoms with van der Waals surface area (Å²) in [5, 5.41) is 10.3. The Kier molecular flexibility index (Phi) is 5.31. The van der Waals surface area contributed by atoms with Crippen LogP contribution >= 0.6 is 11.6 Å². The zero-order valence-corrected chi connectivity index (χ0v) is 10.1. The molecule has 0 aliphatic carbocycles. The van der Waals surface area contributed by atoms with Crippen LogP contribution in [0, 0.1) is 15.9 Å². The molecule has 0 bridgehead atoms. The molecule has 1 aromatic carbocycles. The first kappa shape index (κ1) is 13.9. The summed E-state index contributed by atoms with van der Waals surface area (Å²) in [6.45, 7) is 0.428. The van der Waals surface area contributed by atoms with E-state index in [4.69, 9.17) is 16.3 Å². The third-order valence-corrected chi connectivity index (χ3v) is 2.65. The van der Waals surface area contributed by atoms with Crippen molar-refractivity contribution in [1.29, 1.82) is 0 Å². The lowest BCUT2D eigenvalue weighted by atomic mass is 10.1. The van der Waals surface area contributed by atoms with Crippen molar-refractivity contribution in [1.82, 2.24) is 0 Å². The van der Waals surface area contributed by atoms with Gasteiger partial charge < -0.3 is 4.74 Å². The fourth-order valence-corrected chi connectivity index (χ4v) is 1.68. The number of aryl methyl sites for hydroxylation is 1. The van der Waals surface area contributed by atoms with Crippen molar-refractivity contribution in [2.45, 2.75) is 18.2 Å². The number of rotatable bonds is 6. The van der Waals surface area contributed by atoms with Crippen LogP contribution < -0.4 is 0 Å². The molecule has 0 aliphatic rings. The third-order valence-electron chi connectivity index (χ3n) is 2.30. The fraction of sp³-hybridized carbons (Fsp3) is 0.455. The van der Waals surface area contributed by atoms with Crippen LogP contribution in [0.15, 0.2) is 18.2 Å². The molecule has 0 amide bonds. The number of hydrogen-bond donors (Lipinski definition) is 0. The maximum atomic E-state index is 13.3. The van der Waals surface area contributed by atoms with Crippen LogP contribution in [0.25, 0.3) is 0 Å². The summed E-state index contributed by atoms with van der Waals surface area (Å²) in [5.41, 5.74) is 0.183. The van der Waals surface area contributed by atoms with Gasteiger partial charge >= 0.3 is 5.69 Å². The molecule has 0 saturated carbocycles. The highest BCUT2D eigenvalue weighted by Gasteiger charge is 2.14. The summed E-state index contributed by atoms with van der Waals surface area (Å²) < 4.78 is 18.1. The molecule has 0 spiro atoms. The number of hydrogen-bond acceptors (Lipinski definition) is 3. The van der Waals surface area contributed by atoms with Gasteiger partial charge in [-0.3, -0.25) is 10.1 Å². The largest absolute Gasteiger partial charge is 0.383 e. The second kappa shape index (κ2) is 6.51. The van der Waals surface area contributed by atoms with Crippen LogP contribution in [-0.2, 0) is 11.2 Å². The minimum atomic E-state index is -0.814. The lowest BCUT2D eigenvalue weighted by molar-refractivity contribution is -0.387. The van der Waals surface area contributed by atoms with Gasteiger partial charge in [-0.2, -0.15) is 4.39 Å². The summed E-state index contributed by atoms with van der Waals surface area (Å²) in [5.74, 6) is -0.814. The van der Waals surface area contributed by atoms with Crippen LogP contribution in [0.4, 0.5) is 10.1 Å². The van der Waals surface area contributed by atoms with Gasteiger partial charge in [0.1, 0.15) is 0 Å². The molecular formula is C11H13ClFNO3. The van der Waals surface area contributed by atoms with E-state index in [1.54, 1.807) is 7.11 Å². The Morgan fingerprint density at radius 1 is 1.59 bits per heavy atom. The average Bonchev–Trinajstić information content (AvgIpc) is 2.26. The third kappa shape index (κ3) is 4.28. The molecule has 17 heavy (non-hydrogen) atoms. The highest BCUT2D eigenvalue weighted by Crippen LogP contribution is 2.19. The second-order valence-corrected chi connectivity index (χ2v) is 4.25. The molecule has 94 valence electrons. The first-order chi connectivity index (χ1) is 8.04. The van der Waals surface area contributed by atoms with E-state index in [0.717, 1.165) is 0 Å². The van der Waals surface area contributed by atoms with Gasteiger partial charge in [0.15, 0.2) is 0 Å². The highest BCUT2D eigenvalue weighted by molar-refractivity contribution is 6.20. The number of alkyl halides is 1. The van der Waals surface area contributed by atoms with Gasteiger partial charge in [-0.25, -0.2) is 0 Å². The highest BCUT2D eigenvalue weighted by atomic mass is 35.5. The molecule has 0 heterocycles. The van der Waals surface area contributed by atoms with Crippen LogP contribution in [0.3, 0.4) is 0 Å². The van der Waals surface area contributed by atoms with Crippen molar-refractivity contribution in [3.8, 4) is 0 Å². The first-order valence-electron chi connectivity index (χ1n) is 5.10. The Morgan fingerprint density at radius 2 is 2.29 bits per heavy atom. The van der Waals surface area contributed by atoms with Crippen molar-refractivity contribution in [3.05, 3.63) is 39.7 Å². The Balaban J connectivity index is 2.62. The standard InChI is InChI=1S/C11H13ClFNO3/c1-17-7-9(12)4-2-8-3-5-11(14(15)16)10(13)6-8/h3,5-6,9H,2,4,7H2,1H3. The molecule has 1 aromatic rings. The number of halogens is 2. The molecule has 4 nitrogen and oxygen atoms in total. The van der Waals surface area contributed by atoms with Crippen molar-refractivity contribution >= 4 is 17.3 Å². The van der Waals surface area contributed by atoms with Crippen molar-refractivity contribution in [2.75, 3.05) is 13.7 Å². The van der Waals surface area contributed by atoms with Gasteiger partial charge in [-0.15, -0.1) is 11.6 Å². The number of benzene rings is 1. The van der Waals surface area contributed by atoms with E-state index >= 15 is 0 Å². The Bertz CT molecular complexity index is 400. The molecular weight excluding hydrogens is 249 g/mol. The van der Waals surface area contributed by atoms with Crippen LogP contribution in [0.2, 0.25) is 0 Å². The molecule has 0 radical (unpaired) electrons. The van der Waals surface area contributed by atoms with Gasteiger partial charge in [-0.05, 0) is 24.5 Å². The molecule has 0 aliphatic heterocycles. The summed E-state index contributed by atoms with van der Waals surface area (Å²) in [4.78, 5) is 9.67. The summed E-state index contributed by atoms with van der Waals surface area (Å²) in [6.07, 6.45) is 1.19. The Morgan fingerprint density at radius 3 is 2.82 bits per heavy atom. The van der Waals surface area contributed by atoms with Crippen molar-refractivity contribution in [3.63, 3.8) is 0 Å². The number of nitro groups is 1. The van der Waals surface area contributed by atoms with E-state index in [9.17, 15) is 14.5 Å². The smallest absolute Gasteiger partial charge is 0.304 e. The van der Waals surface area contributed by atoms with E-state index in [1.165, 1.54) is 18.2 Å². The van der Waals surface area contributed by atoms with Gasteiger partial charge in [0, 0.05) is 13.2 Å².